The molecule has 3 aromatic rings. The van der Waals surface area contributed by atoms with Crippen molar-refractivity contribution < 1.29 is 9.90 Å². The highest BCUT2D eigenvalue weighted by molar-refractivity contribution is 5.86. The normalized spacial score (nSPS) is 12.0. The highest BCUT2D eigenvalue weighted by atomic mass is 16.4. The van der Waals surface area contributed by atoms with Crippen LogP contribution in [0.4, 0.5) is 0 Å². The standard InChI is InChI=1S/C23H21NO2/c1-17(22(25)26)16-23(19-11-5-3-6-12-19,20-13-7-4-8-14-20)21-15-9-10-18(2)24-21/h3-16H,1-2H3,(H,25,26)/b17-16+. The van der Waals surface area contributed by atoms with Crippen LogP contribution in [0.25, 0.3) is 0 Å². The fraction of sp³-hybridized carbons (Fsp3) is 0.130. The molecule has 0 aliphatic heterocycles. The molecule has 26 heavy (non-hydrogen) atoms. The summed E-state index contributed by atoms with van der Waals surface area (Å²) in [5.41, 5.74) is 3.14. The molecule has 3 rings (SSSR count). The molecule has 0 saturated carbocycles. The van der Waals surface area contributed by atoms with Gasteiger partial charge >= 0.3 is 5.97 Å². The van der Waals surface area contributed by atoms with Gasteiger partial charge < -0.3 is 5.11 Å². The summed E-state index contributed by atoms with van der Waals surface area (Å²) in [7, 11) is 0. The summed E-state index contributed by atoms with van der Waals surface area (Å²) < 4.78 is 0. The van der Waals surface area contributed by atoms with Crippen LogP contribution in [0.3, 0.4) is 0 Å². The van der Waals surface area contributed by atoms with Crippen molar-refractivity contribution in [2.24, 2.45) is 0 Å². The number of carbonyl (C=O) groups is 1. The molecule has 0 aliphatic rings. The van der Waals surface area contributed by atoms with Crippen molar-refractivity contribution in [3.05, 3.63) is 113 Å². The van der Waals surface area contributed by atoms with Crippen molar-refractivity contribution in [3.8, 4) is 0 Å². The quantitative estimate of drug-likeness (QED) is 0.680. The molecule has 0 spiro atoms. The minimum atomic E-state index is -0.936. The molecular formula is C23H21NO2. The Morgan fingerprint density at radius 2 is 1.42 bits per heavy atom. The molecule has 0 unspecified atom stereocenters. The molecule has 0 atom stereocenters. The van der Waals surface area contributed by atoms with Crippen molar-refractivity contribution in [2.45, 2.75) is 19.3 Å². The molecule has 130 valence electrons. The Bertz CT molecular complexity index is 891. The van der Waals surface area contributed by atoms with E-state index in [4.69, 9.17) is 4.98 Å². The van der Waals surface area contributed by atoms with E-state index in [1.807, 2.05) is 91.9 Å². The number of benzene rings is 2. The van der Waals surface area contributed by atoms with Crippen LogP contribution in [0.15, 0.2) is 90.5 Å². The van der Waals surface area contributed by atoms with E-state index in [9.17, 15) is 9.90 Å². The molecular weight excluding hydrogens is 322 g/mol. The van der Waals surface area contributed by atoms with Crippen LogP contribution in [0.5, 0.6) is 0 Å². The molecule has 0 bridgehead atoms. The zero-order valence-corrected chi connectivity index (χ0v) is 14.9. The van der Waals surface area contributed by atoms with Gasteiger partial charge in [-0.3, -0.25) is 4.98 Å². The summed E-state index contributed by atoms with van der Waals surface area (Å²) in [6.07, 6.45) is 1.81. The van der Waals surface area contributed by atoms with E-state index in [1.54, 1.807) is 6.92 Å². The van der Waals surface area contributed by atoms with Gasteiger partial charge in [0, 0.05) is 11.3 Å². The Balaban J connectivity index is 2.42. The van der Waals surface area contributed by atoms with Gasteiger partial charge in [-0.25, -0.2) is 4.79 Å². The number of aryl methyl sites for hydroxylation is 1. The fourth-order valence-corrected chi connectivity index (χ4v) is 3.25. The third-order valence-corrected chi connectivity index (χ3v) is 4.52. The number of aliphatic carboxylic acids is 1. The summed E-state index contributed by atoms with van der Waals surface area (Å²) in [5.74, 6) is -0.936. The molecule has 2 aromatic carbocycles. The van der Waals surface area contributed by atoms with Gasteiger partial charge in [-0.1, -0.05) is 72.8 Å². The molecule has 0 amide bonds. The number of allylic oxidation sites excluding steroid dienone is 1. The van der Waals surface area contributed by atoms with Crippen LogP contribution in [-0.4, -0.2) is 16.1 Å². The number of rotatable bonds is 5. The van der Waals surface area contributed by atoms with E-state index < -0.39 is 11.4 Å². The lowest BCUT2D eigenvalue weighted by molar-refractivity contribution is -0.132. The first kappa shape index (κ1) is 17.6. The second kappa shape index (κ2) is 7.36. The SMILES string of the molecule is C/C(=C\C(c1ccccc1)(c1ccccc1)c1cccc(C)n1)C(=O)O. The van der Waals surface area contributed by atoms with Crippen LogP contribution in [0.2, 0.25) is 0 Å². The average molecular weight is 343 g/mol. The molecule has 0 aliphatic carbocycles. The fourth-order valence-electron chi connectivity index (χ4n) is 3.25. The summed E-state index contributed by atoms with van der Waals surface area (Å²) in [6, 6.07) is 25.7. The number of aromatic nitrogens is 1. The molecule has 0 saturated heterocycles. The zero-order valence-electron chi connectivity index (χ0n) is 14.9. The van der Waals surface area contributed by atoms with E-state index in [-0.39, 0.29) is 5.57 Å². The van der Waals surface area contributed by atoms with Crippen LogP contribution in [0, 0.1) is 6.92 Å². The van der Waals surface area contributed by atoms with E-state index >= 15 is 0 Å². The van der Waals surface area contributed by atoms with Crippen molar-refractivity contribution in [3.63, 3.8) is 0 Å². The Labute approximate surface area is 153 Å². The number of carboxylic acid groups (broad SMARTS) is 1. The maximum Gasteiger partial charge on any atom is 0.330 e. The largest absolute Gasteiger partial charge is 0.478 e. The van der Waals surface area contributed by atoms with Gasteiger partial charge in [-0.05, 0) is 37.1 Å². The number of carboxylic acids is 1. The first-order valence-electron chi connectivity index (χ1n) is 8.52. The second-order valence-corrected chi connectivity index (χ2v) is 6.34. The first-order chi connectivity index (χ1) is 12.5. The summed E-state index contributed by atoms with van der Waals surface area (Å²) >= 11 is 0. The maximum absolute atomic E-state index is 11.6. The lowest BCUT2D eigenvalue weighted by atomic mass is 9.70. The Morgan fingerprint density at radius 1 is 0.885 bits per heavy atom. The predicted octanol–water partition coefficient (Wildman–Crippen LogP) is 4.76. The summed E-state index contributed by atoms with van der Waals surface area (Å²) in [5, 5.41) is 9.55. The second-order valence-electron chi connectivity index (χ2n) is 6.34. The van der Waals surface area contributed by atoms with E-state index in [0.717, 1.165) is 22.5 Å². The molecule has 3 heteroatoms. The number of hydrogen-bond acceptors (Lipinski definition) is 2. The van der Waals surface area contributed by atoms with Crippen molar-refractivity contribution in [2.75, 3.05) is 0 Å². The topological polar surface area (TPSA) is 50.2 Å². The summed E-state index contributed by atoms with van der Waals surface area (Å²) in [6.45, 7) is 3.57. The Kier molecular flexibility index (Phi) is 4.99. The van der Waals surface area contributed by atoms with Gasteiger partial charge in [-0.15, -0.1) is 0 Å². The molecule has 1 N–H and O–H groups in total. The highest BCUT2D eigenvalue weighted by Gasteiger charge is 2.36. The van der Waals surface area contributed by atoms with Gasteiger partial charge in [0.1, 0.15) is 0 Å². The smallest absolute Gasteiger partial charge is 0.330 e. The van der Waals surface area contributed by atoms with E-state index in [1.165, 1.54) is 0 Å². The molecule has 0 radical (unpaired) electrons. The van der Waals surface area contributed by atoms with Gasteiger partial charge in [-0.2, -0.15) is 0 Å². The zero-order chi connectivity index (χ0) is 18.6. The number of hydrogen-bond donors (Lipinski definition) is 1. The van der Waals surface area contributed by atoms with Crippen LogP contribution < -0.4 is 0 Å². The predicted molar refractivity (Wildman–Crippen MR) is 103 cm³/mol. The molecule has 1 aromatic heterocycles. The summed E-state index contributed by atoms with van der Waals surface area (Å²) in [4.78, 5) is 16.4. The lowest BCUT2D eigenvalue weighted by Gasteiger charge is -2.32. The van der Waals surface area contributed by atoms with Crippen LogP contribution in [-0.2, 0) is 10.2 Å². The van der Waals surface area contributed by atoms with E-state index in [0.29, 0.717) is 0 Å². The van der Waals surface area contributed by atoms with Crippen molar-refractivity contribution in [1.29, 1.82) is 0 Å². The average Bonchev–Trinajstić information content (AvgIpc) is 2.67. The van der Waals surface area contributed by atoms with E-state index in [2.05, 4.69) is 0 Å². The maximum atomic E-state index is 11.6. The van der Waals surface area contributed by atoms with Gasteiger partial charge in [0.2, 0.25) is 0 Å². The minimum absolute atomic E-state index is 0.279. The molecule has 3 nitrogen and oxygen atoms in total. The van der Waals surface area contributed by atoms with Crippen molar-refractivity contribution in [1.82, 2.24) is 4.98 Å². The minimum Gasteiger partial charge on any atom is -0.478 e. The molecule has 0 fully saturated rings. The van der Waals surface area contributed by atoms with Crippen LogP contribution in [0.1, 0.15) is 29.4 Å². The lowest BCUT2D eigenvalue weighted by Crippen LogP contribution is -2.29. The van der Waals surface area contributed by atoms with Gasteiger partial charge in [0.25, 0.3) is 0 Å². The Hall–Kier alpha value is -3.20. The number of nitrogens with zero attached hydrogens (tertiary/aromatic N) is 1. The highest BCUT2D eigenvalue weighted by Crippen LogP contribution is 2.40. The van der Waals surface area contributed by atoms with Gasteiger partial charge in [0.15, 0.2) is 0 Å². The van der Waals surface area contributed by atoms with Crippen LogP contribution >= 0.6 is 0 Å². The first-order valence-corrected chi connectivity index (χ1v) is 8.52. The van der Waals surface area contributed by atoms with Crippen molar-refractivity contribution >= 4 is 5.97 Å². The number of pyridine rings is 1. The molecule has 1 heterocycles. The third kappa shape index (κ3) is 3.29. The Morgan fingerprint density at radius 3 is 1.88 bits per heavy atom. The van der Waals surface area contributed by atoms with Gasteiger partial charge in [0.05, 0.1) is 11.1 Å². The third-order valence-electron chi connectivity index (χ3n) is 4.52. The monoisotopic (exact) mass is 343 g/mol.